The van der Waals surface area contributed by atoms with Crippen molar-refractivity contribution in [1.82, 2.24) is 14.4 Å². The average molecular weight is 220 g/mol. The Morgan fingerprint density at radius 1 is 1.38 bits per heavy atom. The molecule has 0 saturated heterocycles. The Kier molecular flexibility index (Phi) is 2.89. The molecule has 0 spiro atoms. The molecular formula is C11H16N4O. The standard InChI is InChI=1S/C11H16N4O/c1-7(2)8-4-13-11-14-5-9(10(16)3-12)15(11)6-8/h4-7,10,16H,3,12H2,1-2H3. The van der Waals surface area contributed by atoms with E-state index in [9.17, 15) is 5.11 Å². The number of rotatable bonds is 3. The topological polar surface area (TPSA) is 76.4 Å². The Hall–Kier alpha value is -1.46. The highest BCUT2D eigenvalue weighted by Gasteiger charge is 2.12. The second-order valence-corrected chi connectivity index (χ2v) is 4.15. The molecule has 0 aliphatic heterocycles. The van der Waals surface area contributed by atoms with Gasteiger partial charge in [-0.25, -0.2) is 9.97 Å². The van der Waals surface area contributed by atoms with Gasteiger partial charge in [0.25, 0.3) is 0 Å². The van der Waals surface area contributed by atoms with Crippen molar-refractivity contribution in [3.05, 3.63) is 29.8 Å². The van der Waals surface area contributed by atoms with Gasteiger partial charge < -0.3 is 10.8 Å². The monoisotopic (exact) mass is 220 g/mol. The van der Waals surface area contributed by atoms with Gasteiger partial charge in [-0.1, -0.05) is 13.8 Å². The molecule has 0 fully saturated rings. The lowest BCUT2D eigenvalue weighted by Crippen LogP contribution is -2.13. The van der Waals surface area contributed by atoms with Crippen LogP contribution in [0.4, 0.5) is 0 Å². The molecule has 0 bridgehead atoms. The van der Waals surface area contributed by atoms with Gasteiger partial charge in [-0.2, -0.15) is 0 Å². The van der Waals surface area contributed by atoms with Crippen molar-refractivity contribution in [2.45, 2.75) is 25.9 Å². The van der Waals surface area contributed by atoms with E-state index in [0.717, 1.165) is 5.56 Å². The number of hydrogen-bond acceptors (Lipinski definition) is 4. The second-order valence-electron chi connectivity index (χ2n) is 4.15. The molecule has 2 aromatic rings. The van der Waals surface area contributed by atoms with Crippen LogP contribution in [0.25, 0.3) is 5.78 Å². The van der Waals surface area contributed by atoms with Crippen LogP contribution in [-0.2, 0) is 0 Å². The summed E-state index contributed by atoms with van der Waals surface area (Å²) in [6.07, 6.45) is 4.68. The first kappa shape index (κ1) is 11.0. The van der Waals surface area contributed by atoms with Gasteiger partial charge in [-0.15, -0.1) is 0 Å². The predicted octanol–water partition coefficient (Wildman–Crippen LogP) is 0.845. The summed E-state index contributed by atoms with van der Waals surface area (Å²) in [6.45, 7) is 4.37. The molecule has 0 aromatic carbocycles. The zero-order valence-corrected chi connectivity index (χ0v) is 9.46. The minimum absolute atomic E-state index is 0.180. The quantitative estimate of drug-likeness (QED) is 0.803. The van der Waals surface area contributed by atoms with E-state index in [0.29, 0.717) is 17.4 Å². The van der Waals surface area contributed by atoms with Crippen molar-refractivity contribution in [1.29, 1.82) is 0 Å². The molecular weight excluding hydrogens is 204 g/mol. The van der Waals surface area contributed by atoms with Crippen LogP contribution >= 0.6 is 0 Å². The molecule has 0 aliphatic rings. The highest BCUT2D eigenvalue weighted by Crippen LogP contribution is 2.17. The fourth-order valence-corrected chi connectivity index (χ4v) is 1.57. The Morgan fingerprint density at radius 3 is 2.69 bits per heavy atom. The minimum Gasteiger partial charge on any atom is -0.385 e. The third-order valence-electron chi connectivity index (χ3n) is 2.64. The number of aliphatic hydroxyl groups excluding tert-OH is 1. The molecule has 0 saturated carbocycles. The molecule has 3 N–H and O–H groups in total. The lowest BCUT2D eigenvalue weighted by Gasteiger charge is -2.09. The summed E-state index contributed by atoms with van der Waals surface area (Å²) in [5.41, 5.74) is 7.24. The van der Waals surface area contributed by atoms with Crippen molar-refractivity contribution < 1.29 is 5.11 Å². The average Bonchev–Trinajstić information content (AvgIpc) is 2.70. The maximum atomic E-state index is 9.73. The normalized spacial score (nSPS) is 13.6. The van der Waals surface area contributed by atoms with Gasteiger partial charge in [0, 0.05) is 18.9 Å². The van der Waals surface area contributed by atoms with Crippen LogP contribution in [0.5, 0.6) is 0 Å². The first-order chi connectivity index (χ1) is 7.63. The van der Waals surface area contributed by atoms with E-state index in [4.69, 9.17) is 5.73 Å². The summed E-state index contributed by atoms with van der Waals surface area (Å²) in [7, 11) is 0. The minimum atomic E-state index is -0.695. The summed E-state index contributed by atoms with van der Waals surface area (Å²) in [5.74, 6) is 0.981. The summed E-state index contributed by atoms with van der Waals surface area (Å²) < 4.78 is 1.80. The van der Waals surface area contributed by atoms with Crippen LogP contribution in [0.3, 0.4) is 0 Å². The Balaban J connectivity index is 2.55. The number of hydrogen-bond donors (Lipinski definition) is 2. The van der Waals surface area contributed by atoms with Crippen LogP contribution in [0.2, 0.25) is 0 Å². The van der Waals surface area contributed by atoms with E-state index in [1.165, 1.54) is 0 Å². The fraction of sp³-hybridized carbons (Fsp3) is 0.455. The van der Waals surface area contributed by atoms with Gasteiger partial charge in [0.1, 0.15) is 6.10 Å². The number of aliphatic hydroxyl groups is 1. The zero-order chi connectivity index (χ0) is 11.7. The number of aromatic nitrogens is 3. The van der Waals surface area contributed by atoms with Gasteiger partial charge in [-0.05, 0) is 11.5 Å². The van der Waals surface area contributed by atoms with Gasteiger partial charge >= 0.3 is 0 Å². The molecule has 1 atom stereocenters. The molecule has 16 heavy (non-hydrogen) atoms. The van der Waals surface area contributed by atoms with Crippen molar-refractivity contribution >= 4 is 5.78 Å². The third-order valence-corrected chi connectivity index (χ3v) is 2.64. The molecule has 0 aliphatic carbocycles. The van der Waals surface area contributed by atoms with Gasteiger partial charge in [0.05, 0.1) is 11.9 Å². The fourth-order valence-electron chi connectivity index (χ4n) is 1.57. The van der Waals surface area contributed by atoms with Crippen LogP contribution in [-0.4, -0.2) is 26.0 Å². The summed E-state index contributed by atoms with van der Waals surface area (Å²) in [4.78, 5) is 8.36. The maximum absolute atomic E-state index is 9.73. The van der Waals surface area contributed by atoms with Gasteiger partial charge in [-0.3, -0.25) is 4.40 Å². The highest BCUT2D eigenvalue weighted by molar-refractivity contribution is 5.33. The molecule has 2 aromatic heterocycles. The number of nitrogens with zero attached hydrogens (tertiary/aromatic N) is 3. The maximum Gasteiger partial charge on any atom is 0.233 e. The number of imidazole rings is 1. The van der Waals surface area contributed by atoms with Gasteiger partial charge in [0.15, 0.2) is 0 Å². The Morgan fingerprint density at radius 2 is 2.06 bits per heavy atom. The molecule has 0 amide bonds. The molecule has 1 unspecified atom stereocenters. The summed E-state index contributed by atoms with van der Waals surface area (Å²) in [6, 6.07) is 0. The molecule has 5 nitrogen and oxygen atoms in total. The third kappa shape index (κ3) is 1.79. The number of fused-ring (bicyclic) bond motifs is 1. The van der Waals surface area contributed by atoms with Crippen LogP contribution < -0.4 is 5.73 Å². The summed E-state index contributed by atoms with van der Waals surface area (Å²) in [5, 5.41) is 9.73. The van der Waals surface area contributed by atoms with Crippen LogP contribution in [0.1, 0.15) is 37.1 Å². The Bertz CT molecular complexity index is 492. The SMILES string of the molecule is CC(C)c1cnc2ncc(C(O)CN)n2c1. The van der Waals surface area contributed by atoms with Crippen LogP contribution in [0, 0.1) is 0 Å². The first-order valence-corrected chi connectivity index (χ1v) is 5.34. The van der Waals surface area contributed by atoms with Crippen LogP contribution in [0.15, 0.2) is 18.6 Å². The van der Waals surface area contributed by atoms with Crippen molar-refractivity contribution in [3.63, 3.8) is 0 Å². The summed E-state index contributed by atoms with van der Waals surface area (Å²) >= 11 is 0. The van der Waals surface area contributed by atoms with E-state index < -0.39 is 6.10 Å². The highest BCUT2D eigenvalue weighted by atomic mass is 16.3. The van der Waals surface area contributed by atoms with Crippen molar-refractivity contribution in [2.24, 2.45) is 5.73 Å². The lowest BCUT2D eigenvalue weighted by atomic mass is 10.1. The largest absolute Gasteiger partial charge is 0.385 e. The molecule has 2 rings (SSSR count). The predicted molar refractivity (Wildman–Crippen MR) is 61.1 cm³/mol. The Labute approximate surface area is 93.9 Å². The zero-order valence-electron chi connectivity index (χ0n) is 9.46. The molecule has 2 heterocycles. The number of nitrogens with two attached hydrogens (primary N) is 1. The van der Waals surface area contributed by atoms with E-state index in [1.807, 2.05) is 12.4 Å². The lowest BCUT2D eigenvalue weighted by molar-refractivity contribution is 0.181. The van der Waals surface area contributed by atoms with E-state index in [-0.39, 0.29) is 6.54 Å². The van der Waals surface area contributed by atoms with E-state index in [2.05, 4.69) is 23.8 Å². The van der Waals surface area contributed by atoms with Crippen molar-refractivity contribution in [2.75, 3.05) is 6.54 Å². The second kappa shape index (κ2) is 4.19. The van der Waals surface area contributed by atoms with E-state index >= 15 is 0 Å². The smallest absolute Gasteiger partial charge is 0.233 e. The first-order valence-electron chi connectivity index (χ1n) is 5.34. The molecule has 86 valence electrons. The molecule has 0 radical (unpaired) electrons. The van der Waals surface area contributed by atoms with Crippen molar-refractivity contribution in [3.8, 4) is 0 Å². The van der Waals surface area contributed by atoms with E-state index in [1.54, 1.807) is 10.6 Å². The molecule has 5 heteroatoms. The van der Waals surface area contributed by atoms with Gasteiger partial charge in [0.2, 0.25) is 5.78 Å².